The number of hydrogen-bond acceptors (Lipinski definition) is 5. The van der Waals surface area contributed by atoms with Gasteiger partial charge >= 0.3 is 0 Å². The zero-order chi connectivity index (χ0) is 18.9. The Morgan fingerprint density at radius 1 is 1.46 bits per heavy atom. The quantitative estimate of drug-likeness (QED) is 0.738. The van der Waals surface area contributed by atoms with Crippen molar-refractivity contribution in [1.29, 1.82) is 0 Å². The average molecular weight is 463 g/mol. The van der Waals surface area contributed by atoms with E-state index in [2.05, 4.69) is 26.3 Å². The first kappa shape index (κ1) is 19.2. The molecule has 140 valence electrons. The molecule has 26 heavy (non-hydrogen) atoms. The second kappa shape index (κ2) is 7.58. The molecule has 1 amide bonds. The van der Waals surface area contributed by atoms with E-state index in [0.29, 0.717) is 33.2 Å². The number of aromatic nitrogens is 2. The van der Waals surface area contributed by atoms with Crippen LogP contribution in [0, 0.1) is 6.92 Å². The predicted octanol–water partition coefficient (Wildman–Crippen LogP) is 2.98. The summed E-state index contributed by atoms with van der Waals surface area (Å²) in [7, 11) is -3.05. The first-order valence-electron chi connectivity index (χ1n) is 7.88. The molecule has 1 aliphatic heterocycles. The van der Waals surface area contributed by atoms with Crippen molar-refractivity contribution >= 4 is 49.1 Å². The molecule has 2 heterocycles. The number of carbonyl (C=O) groups excluding carboxylic acids is 1. The van der Waals surface area contributed by atoms with E-state index in [4.69, 9.17) is 16.3 Å². The molecule has 7 nitrogen and oxygen atoms in total. The van der Waals surface area contributed by atoms with Crippen molar-refractivity contribution in [3.05, 3.63) is 39.5 Å². The average Bonchev–Trinajstić information content (AvgIpc) is 3.08. The highest BCUT2D eigenvalue weighted by Crippen LogP contribution is 2.29. The van der Waals surface area contributed by atoms with Crippen molar-refractivity contribution < 1.29 is 17.9 Å². The molecule has 0 saturated carbocycles. The third kappa shape index (κ3) is 4.57. The van der Waals surface area contributed by atoms with E-state index in [1.165, 1.54) is 0 Å². The van der Waals surface area contributed by atoms with Gasteiger partial charge in [0.2, 0.25) is 0 Å². The molecule has 1 unspecified atom stereocenters. The van der Waals surface area contributed by atoms with Crippen molar-refractivity contribution in [3.63, 3.8) is 0 Å². The molecule has 3 rings (SSSR count). The van der Waals surface area contributed by atoms with Crippen LogP contribution in [0.5, 0.6) is 5.75 Å². The second-order valence-corrected chi connectivity index (χ2v) is 9.60. The standard InChI is InChI=1S/C16H17BrClN3O4S/c1-10-6-15(21(20-10)12-4-5-26(23,24)9-12)19-16(22)8-25-14-3-2-11(18)7-13(14)17/h2-3,6-7,12H,4-5,8-9H2,1H3,(H,19,22). The minimum Gasteiger partial charge on any atom is -0.483 e. The summed E-state index contributed by atoms with van der Waals surface area (Å²) in [6.07, 6.45) is 0.487. The van der Waals surface area contributed by atoms with Crippen molar-refractivity contribution in [2.45, 2.75) is 19.4 Å². The maximum Gasteiger partial charge on any atom is 0.263 e. The SMILES string of the molecule is Cc1cc(NC(=O)COc2ccc(Cl)cc2Br)n(C2CCS(=O)(=O)C2)n1. The Morgan fingerprint density at radius 2 is 2.23 bits per heavy atom. The number of hydrogen-bond donors (Lipinski definition) is 1. The largest absolute Gasteiger partial charge is 0.483 e. The fraction of sp³-hybridized carbons (Fsp3) is 0.375. The molecule has 1 N–H and O–H groups in total. The molecule has 10 heteroatoms. The molecule has 0 aliphatic carbocycles. The molecule has 1 atom stereocenters. The van der Waals surface area contributed by atoms with Gasteiger partial charge in [-0.3, -0.25) is 4.79 Å². The van der Waals surface area contributed by atoms with Gasteiger partial charge in [0.25, 0.3) is 5.91 Å². The van der Waals surface area contributed by atoms with E-state index in [0.717, 1.165) is 0 Å². The van der Waals surface area contributed by atoms with Crippen LogP contribution in [0.4, 0.5) is 5.82 Å². The van der Waals surface area contributed by atoms with Crippen LogP contribution in [0.25, 0.3) is 0 Å². The van der Waals surface area contributed by atoms with Crippen molar-refractivity contribution in [3.8, 4) is 5.75 Å². The van der Waals surface area contributed by atoms with Gasteiger partial charge in [0, 0.05) is 11.1 Å². The zero-order valence-corrected chi connectivity index (χ0v) is 17.1. The van der Waals surface area contributed by atoms with Crippen LogP contribution in [0.15, 0.2) is 28.7 Å². The lowest BCUT2D eigenvalue weighted by molar-refractivity contribution is -0.118. The van der Waals surface area contributed by atoms with E-state index >= 15 is 0 Å². The third-order valence-electron chi connectivity index (χ3n) is 3.93. The van der Waals surface area contributed by atoms with Gasteiger partial charge in [0.1, 0.15) is 11.6 Å². The molecular formula is C16H17BrClN3O4S. The predicted molar refractivity (Wildman–Crippen MR) is 103 cm³/mol. The number of anilines is 1. The fourth-order valence-corrected chi connectivity index (χ4v) is 5.26. The van der Waals surface area contributed by atoms with Crippen LogP contribution >= 0.6 is 27.5 Å². The van der Waals surface area contributed by atoms with Crippen LogP contribution < -0.4 is 10.1 Å². The lowest BCUT2D eigenvalue weighted by Crippen LogP contribution is -2.24. The van der Waals surface area contributed by atoms with Crippen LogP contribution in [-0.4, -0.2) is 42.2 Å². The lowest BCUT2D eigenvalue weighted by Gasteiger charge is -2.14. The molecule has 1 aliphatic rings. The van der Waals surface area contributed by atoms with E-state index in [1.807, 2.05) is 0 Å². The summed E-state index contributed by atoms with van der Waals surface area (Å²) in [5.74, 6) is 0.765. The Morgan fingerprint density at radius 3 is 2.88 bits per heavy atom. The van der Waals surface area contributed by atoms with Crippen LogP contribution in [0.1, 0.15) is 18.2 Å². The van der Waals surface area contributed by atoms with Crippen molar-refractivity contribution in [2.75, 3.05) is 23.4 Å². The molecule has 1 fully saturated rings. The summed E-state index contributed by atoms with van der Waals surface area (Å²) in [6.45, 7) is 1.59. The summed E-state index contributed by atoms with van der Waals surface area (Å²) in [5.41, 5.74) is 0.700. The first-order valence-corrected chi connectivity index (χ1v) is 10.9. The summed E-state index contributed by atoms with van der Waals surface area (Å²) in [4.78, 5) is 12.2. The first-order chi connectivity index (χ1) is 12.2. The molecular weight excluding hydrogens is 446 g/mol. The number of sulfone groups is 1. The number of rotatable bonds is 5. The number of nitrogens with zero attached hydrogens (tertiary/aromatic N) is 2. The lowest BCUT2D eigenvalue weighted by atomic mass is 10.3. The van der Waals surface area contributed by atoms with Crippen molar-refractivity contribution in [2.24, 2.45) is 0 Å². The van der Waals surface area contributed by atoms with E-state index in [1.54, 1.807) is 35.9 Å². The highest BCUT2D eigenvalue weighted by atomic mass is 79.9. The summed E-state index contributed by atoms with van der Waals surface area (Å²) in [6, 6.07) is 6.44. The number of amides is 1. The summed E-state index contributed by atoms with van der Waals surface area (Å²) in [5, 5.41) is 7.62. The van der Waals surface area contributed by atoms with Crippen LogP contribution in [0.2, 0.25) is 5.02 Å². The Hall–Kier alpha value is -1.58. The maximum absolute atomic E-state index is 12.2. The highest BCUT2D eigenvalue weighted by Gasteiger charge is 2.31. The number of carbonyl (C=O) groups is 1. The number of halogens is 2. The van der Waals surface area contributed by atoms with Crippen LogP contribution in [0.3, 0.4) is 0 Å². The number of aryl methyl sites for hydroxylation is 1. The maximum atomic E-state index is 12.2. The Balaban J connectivity index is 1.66. The third-order valence-corrected chi connectivity index (χ3v) is 6.54. The minimum absolute atomic E-state index is 0.0329. The summed E-state index contributed by atoms with van der Waals surface area (Å²) < 4.78 is 31.1. The topological polar surface area (TPSA) is 90.3 Å². The van der Waals surface area contributed by atoms with Gasteiger partial charge in [-0.2, -0.15) is 5.10 Å². The normalized spacial score (nSPS) is 18.7. The van der Waals surface area contributed by atoms with E-state index < -0.39 is 9.84 Å². The Kier molecular flexibility index (Phi) is 5.59. The minimum atomic E-state index is -3.05. The monoisotopic (exact) mass is 461 g/mol. The van der Waals surface area contributed by atoms with E-state index in [9.17, 15) is 13.2 Å². The van der Waals surface area contributed by atoms with Gasteiger partial charge in [0.15, 0.2) is 16.4 Å². The molecule has 0 spiro atoms. The van der Waals surface area contributed by atoms with Gasteiger partial charge in [-0.05, 0) is 47.5 Å². The molecule has 1 aromatic heterocycles. The second-order valence-electron chi connectivity index (χ2n) is 6.08. The van der Waals surface area contributed by atoms with Gasteiger partial charge in [0.05, 0.1) is 27.7 Å². The molecule has 1 aromatic carbocycles. The van der Waals surface area contributed by atoms with Gasteiger partial charge in [-0.25, -0.2) is 13.1 Å². The zero-order valence-electron chi connectivity index (χ0n) is 13.9. The van der Waals surface area contributed by atoms with Gasteiger partial charge in [-0.15, -0.1) is 0 Å². The number of nitrogens with one attached hydrogen (secondary N) is 1. The van der Waals surface area contributed by atoms with E-state index in [-0.39, 0.29) is 30.1 Å². The smallest absolute Gasteiger partial charge is 0.263 e. The molecule has 1 saturated heterocycles. The van der Waals surface area contributed by atoms with Crippen LogP contribution in [-0.2, 0) is 14.6 Å². The molecule has 0 radical (unpaired) electrons. The number of ether oxygens (including phenoxy) is 1. The Labute approximate surface area is 164 Å². The highest BCUT2D eigenvalue weighted by molar-refractivity contribution is 9.10. The number of benzene rings is 1. The fourth-order valence-electron chi connectivity index (χ4n) is 2.77. The van der Waals surface area contributed by atoms with Gasteiger partial charge < -0.3 is 10.1 Å². The summed E-state index contributed by atoms with van der Waals surface area (Å²) >= 11 is 9.19. The molecule has 2 aromatic rings. The van der Waals surface area contributed by atoms with Gasteiger partial charge in [-0.1, -0.05) is 11.6 Å². The molecule has 0 bridgehead atoms. The van der Waals surface area contributed by atoms with Crippen molar-refractivity contribution in [1.82, 2.24) is 9.78 Å². The Bertz CT molecular complexity index is 945.